The number of ether oxygens (including phenoxy) is 1. The van der Waals surface area contributed by atoms with Gasteiger partial charge in [0.25, 0.3) is 5.91 Å². The van der Waals surface area contributed by atoms with Crippen LogP contribution in [-0.2, 0) is 4.79 Å². The van der Waals surface area contributed by atoms with Crippen LogP contribution in [0.1, 0.15) is 49.9 Å². The average Bonchev–Trinajstić information content (AvgIpc) is 2.73. The molecule has 3 N–H and O–H groups in total. The van der Waals surface area contributed by atoms with Crippen LogP contribution in [-0.4, -0.2) is 31.5 Å². The standard InChI is InChI=1S/C23H31N3O3/c1-3-5-13-24-23(28)18-9-7-11-20(15-18)26-22(27)17-25-19-10-8-12-21(16-19)29-14-6-4-2/h7-12,15-16,25H,3-6,13-14,17H2,1-2H3,(H,24,28)(H,26,27). The topological polar surface area (TPSA) is 79.5 Å². The molecular formula is C23H31N3O3. The Morgan fingerprint density at radius 1 is 0.931 bits per heavy atom. The van der Waals surface area contributed by atoms with Crippen molar-refractivity contribution in [2.45, 2.75) is 39.5 Å². The zero-order valence-corrected chi connectivity index (χ0v) is 17.3. The molecule has 2 aromatic rings. The lowest BCUT2D eigenvalue weighted by Crippen LogP contribution is -2.25. The van der Waals surface area contributed by atoms with Crippen molar-refractivity contribution in [3.8, 4) is 5.75 Å². The number of hydrogen-bond donors (Lipinski definition) is 3. The second-order valence-corrected chi connectivity index (χ2v) is 6.82. The predicted molar refractivity (Wildman–Crippen MR) is 118 cm³/mol. The van der Waals surface area contributed by atoms with Gasteiger partial charge in [-0.15, -0.1) is 0 Å². The molecule has 0 aliphatic carbocycles. The highest BCUT2D eigenvalue weighted by Gasteiger charge is 2.08. The third-order valence-corrected chi connectivity index (χ3v) is 4.28. The number of carbonyl (C=O) groups excluding carboxylic acids is 2. The molecule has 2 amide bonds. The maximum atomic E-state index is 12.3. The highest BCUT2D eigenvalue weighted by molar-refractivity contribution is 5.98. The Labute approximate surface area is 173 Å². The van der Waals surface area contributed by atoms with E-state index in [9.17, 15) is 9.59 Å². The number of nitrogens with one attached hydrogen (secondary N) is 3. The summed E-state index contributed by atoms with van der Waals surface area (Å²) in [6.45, 7) is 5.64. The fourth-order valence-electron chi connectivity index (χ4n) is 2.64. The largest absolute Gasteiger partial charge is 0.494 e. The van der Waals surface area contributed by atoms with Crippen LogP contribution in [0.5, 0.6) is 5.75 Å². The van der Waals surface area contributed by atoms with Gasteiger partial charge in [0.15, 0.2) is 0 Å². The molecule has 29 heavy (non-hydrogen) atoms. The van der Waals surface area contributed by atoms with Crippen LogP contribution in [0, 0.1) is 0 Å². The molecule has 0 saturated heterocycles. The first-order valence-corrected chi connectivity index (χ1v) is 10.3. The van der Waals surface area contributed by atoms with Crippen molar-refractivity contribution in [2.75, 3.05) is 30.3 Å². The zero-order valence-electron chi connectivity index (χ0n) is 17.3. The fourth-order valence-corrected chi connectivity index (χ4v) is 2.64. The van der Waals surface area contributed by atoms with E-state index >= 15 is 0 Å². The van der Waals surface area contributed by atoms with Crippen molar-refractivity contribution in [3.05, 3.63) is 54.1 Å². The van der Waals surface area contributed by atoms with Crippen molar-refractivity contribution in [1.29, 1.82) is 0 Å². The number of rotatable bonds is 12. The molecular weight excluding hydrogens is 366 g/mol. The summed E-state index contributed by atoms with van der Waals surface area (Å²) in [4.78, 5) is 24.4. The van der Waals surface area contributed by atoms with Crippen LogP contribution in [0.4, 0.5) is 11.4 Å². The molecule has 0 atom stereocenters. The number of anilines is 2. The number of carbonyl (C=O) groups is 2. The van der Waals surface area contributed by atoms with Crippen molar-refractivity contribution in [2.24, 2.45) is 0 Å². The second kappa shape index (κ2) is 12.4. The molecule has 156 valence electrons. The minimum Gasteiger partial charge on any atom is -0.494 e. The van der Waals surface area contributed by atoms with E-state index in [-0.39, 0.29) is 18.4 Å². The van der Waals surface area contributed by atoms with E-state index in [1.54, 1.807) is 24.3 Å². The highest BCUT2D eigenvalue weighted by Crippen LogP contribution is 2.17. The van der Waals surface area contributed by atoms with Crippen LogP contribution in [0.2, 0.25) is 0 Å². The molecule has 0 heterocycles. The van der Waals surface area contributed by atoms with Gasteiger partial charge in [0.05, 0.1) is 13.2 Å². The van der Waals surface area contributed by atoms with Crippen LogP contribution >= 0.6 is 0 Å². The predicted octanol–water partition coefficient (Wildman–Crippen LogP) is 4.45. The summed E-state index contributed by atoms with van der Waals surface area (Å²) in [6, 6.07) is 14.5. The quantitative estimate of drug-likeness (QED) is 0.463. The smallest absolute Gasteiger partial charge is 0.251 e. The van der Waals surface area contributed by atoms with E-state index in [1.165, 1.54) is 0 Å². The molecule has 0 unspecified atom stereocenters. The van der Waals surface area contributed by atoms with Crippen LogP contribution < -0.4 is 20.7 Å². The average molecular weight is 398 g/mol. The second-order valence-electron chi connectivity index (χ2n) is 6.82. The van der Waals surface area contributed by atoms with Gasteiger partial charge >= 0.3 is 0 Å². The SMILES string of the molecule is CCCCNC(=O)c1cccc(NC(=O)CNc2cccc(OCCCC)c2)c1. The van der Waals surface area contributed by atoms with Gasteiger partial charge in [-0.1, -0.05) is 38.8 Å². The Morgan fingerprint density at radius 3 is 2.48 bits per heavy atom. The minimum atomic E-state index is -0.189. The summed E-state index contributed by atoms with van der Waals surface area (Å²) < 4.78 is 5.68. The Hall–Kier alpha value is -3.02. The maximum Gasteiger partial charge on any atom is 0.251 e. The third kappa shape index (κ3) is 8.25. The summed E-state index contributed by atoms with van der Waals surface area (Å²) in [5, 5.41) is 8.79. The third-order valence-electron chi connectivity index (χ3n) is 4.28. The molecule has 0 fully saturated rings. The van der Waals surface area contributed by atoms with Gasteiger partial charge in [-0.3, -0.25) is 9.59 Å². The molecule has 0 aromatic heterocycles. The summed E-state index contributed by atoms with van der Waals surface area (Å²) in [7, 11) is 0. The minimum absolute atomic E-state index is 0.116. The number of amides is 2. The van der Waals surface area contributed by atoms with Crippen molar-refractivity contribution >= 4 is 23.2 Å². The van der Waals surface area contributed by atoms with Crippen LogP contribution in [0.3, 0.4) is 0 Å². The van der Waals surface area contributed by atoms with Crippen LogP contribution in [0.15, 0.2) is 48.5 Å². The first-order valence-electron chi connectivity index (χ1n) is 10.3. The number of hydrogen-bond acceptors (Lipinski definition) is 4. The summed E-state index contributed by atoms with van der Waals surface area (Å²) in [6.07, 6.45) is 4.06. The molecule has 0 aliphatic heterocycles. The zero-order chi connectivity index (χ0) is 20.9. The summed E-state index contributed by atoms with van der Waals surface area (Å²) in [5.74, 6) is 0.462. The van der Waals surface area contributed by atoms with Gasteiger partial charge in [-0.2, -0.15) is 0 Å². The molecule has 0 saturated carbocycles. The van der Waals surface area contributed by atoms with Gasteiger partial charge in [0.1, 0.15) is 5.75 Å². The van der Waals surface area contributed by atoms with E-state index in [0.717, 1.165) is 37.1 Å². The van der Waals surface area contributed by atoms with E-state index in [1.807, 2.05) is 24.3 Å². The van der Waals surface area contributed by atoms with Gasteiger partial charge in [-0.05, 0) is 43.2 Å². The van der Waals surface area contributed by atoms with E-state index in [4.69, 9.17) is 4.74 Å². The van der Waals surface area contributed by atoms with Gasteiger partial charge in [-0.25, -0.2) is 0 Å². The van der Waals surface area contributed by atoms with Gasteiger partial charge in [0, 0.05) is 29.5 Å². The van der Waals surface area contributed by atoms with Gasteiger partial charge in [0.2, 0.25) is 5.91 Å². The first-order chi connectivity index (χ1) is 14.1. The lowest BCUT2D eigenvalue weighted by Gasteiger charge is -2.11. The summed E-state index contributed by atoms with van der Waals surface area (Å²) in [5.41, 5.74) is 1.94. The molecule has 0 radical (unpaired) electrons. The normalized spacial score (nSPS) is 10.3. The Bertz CT molecular complexity index is 792. The van der Waals surface area contributed by atoms with Crippen LogP contribution in [0.25, 0.3) is 0 Å². The number of unbranched alkanes of at least 4 members (excludes halogenated alkanes) is 2. The van der Waals surface area contributed by atoms with E-state index < -0.39 is 0 Å². The summed E-state index contributed by atoms with van der Waals surface area (Å²) >= 11 is 0. The van der Waals surface area contributed by atoms with Crippen molar-refractivity contribution in [1.82, 2.24) is 5.32 Å². The van der Waals surface area contributed by atoms with E-state index in [0.29, 0.717) is 24.4 Å². The van der Waals surface area contributed by atoms with E-state index in [2.05, 4.69) is 29.8 Å². The maximum absolute atomic E-state index is 12.3. The lowest BCUT2D eigenvalue weighted by molar-refractivity contribution is -0.114. The number of benzene rings is 2. The Balaban J connectivity index is 1.84. The molecule has 6 nitrogen and oxygen atoms in total. The molecule has 0 aliphatic rings. The lowest BCUT2D eigenvalue weighted by atomic mass is 10.2. The monoisotopic (exact) mass is 397 g/mol. The Kier molecular flexibility index (Phi) is 9.55. The molecule has 6 heteroatoms. The first kappa shape index (κ1) is 22.3. The molecule has 2 rings (SSSR count). The highest BCUT2D eigenvalue weighted by atomic mass is 16.5. The molecule has 2 aromatic carbocycles. The molecule has 0 spiro atoms. The van der Waals surface area contributed by atoms with Gasteiger partial charge < -0.3 is 20.7 Å². The van der Waals surface area contributed by atoms with Crippen molar-refractivity contribution < 1.29 is 14.3 Å². The Morgan fingerprint density at radius 2 is 1.69 bits per heavy atom. The molecule has 0 bridgehead atoms. The van der Waals surface area contributed by atoms with Crippen molar-refractivity contribution in [3.63, 3.8) is 0 Å². The fraction of sp³-hybridized carbons (Fsp3) is 0.391.